The predicted molar refractivity (Wildman–Crippen MR) is 119 cm³/mol. The average molecular weight is 402 g/mol. The first-order valence-corrected chi connectivity index (χ1v) is 10.0. The van der Waals surface area contributed by atoms with Crippen LogP contribution in [-0.4, -0.2) is 18.4 Å². The van der Waals surface area contributed by atoms with E-state index in [1.807, 2.05) is 61.5 Å². The molecule has 0 heterocycles. The summed E-state index contributed by atoms with van der Waals surface area (Å²) in [5.41, 5.74) is 3.15. The largest absolute Gasteiger partial charge is 0.494 e. The van der Waals surface area contributed by atoms with Crippen LogP contribution in [0.25, 0.3) is 0 Å². The van der Waals surface area contributed by atoms with E-state index in [9.17, 15) is 9.59 Å². The molecule has 0 aliphatic carbocycles. The number of carbonyl (C=O) groups excluding carboxylic acids is 2. The van der Waals surface area contributed by atoms with Gasteiger partial charge in [0.05, 0.1) is 17.9 Å². The third-order valence-corrected chi connectivity index (χ3v) is 4.58. The van der Waals surface area contributed by atoms with Crippen LogP contribution in [0.1, 0.15) is 34.3 Å². The quantitative estimate of drug-likeness (QED) is 0.509. The van der Waals surface area contributed by atoms with Crippen molar-refractivity contribution in [1.82, 2.24) is 5.32 Å². The Bertz CT molecular complexity index is 969. The van der Waals surface area contributed by atoms with Crippen molar-refractivity contribution in [2.45, 2.75) is 26.3 Å². The standard InChI is InChI=1S/C25H26N2O3/c1-19-13-15-20(16-14-19)18-26-25(29)22-10-5-6-11-23(22)27-24(28)12-7-17-30-21-8-3-2-4-9-21/h2-6,8-11,13-16H,7,12,17-18H2,1H3,(H,26,29)(H,27,28). The monoisotopic (exact) mass is 402 g/mol. The van der Waals surface area contributed by atoms with Gasteiger partial charge in [-0.2, -0.15) is 0 Å². The highest BCUT2D eigenvalue weighted by atomic mass is 16.5. The van der Waals surface area contributed by atoms with Crippen molar-refractivity contribution in [3.63, 3.8) is 0 Å². The first-order valence-electron chi connectivity index (χ1n) is 10.0. The number of nitrogens with one attached hydrogen (secondary N) is 2. The summed E-state index contributed by atoms with van der Waals surface area (Å²) in [6.07, 6.45) is 0.897. The number of aryl methyl sites for hydroxylation is 1. The highest BCUT2D eigenvalue weighted by molar-refractivity contribution is 6.03. The minimum atomic E-state index is -0.223. The fourth-order valence-electron chi connectivity index (χ4n) is 2.93. The van der Waals surface area contributed by atoms with Crippen LogP contribution in [0.2, 0.25) is 0 Å². The molecule has 0 saturated heterocycles. The van der Waals surface area contributed by atoms with Gasteiger partial charge >= 0.3 is 0 Å². The van der Waals surface area contributed by atoms with E-state index in [0.29, 0.717) is 37.2 Å². The lowest BCUT2D eigenvalue weighted by Crippen LogP contribution is -2.25. The fourth-order valence-corrected chi connectivity index (χ4v) is 2.93. The van der Waals surface area contributed by atoms with Gasteiger partial charge in [0.25, 0.3) is 5.91 Å². The molecule has 0 radical (unpaired) electrons. The number of hydrogen-bond acceptors (Lipinski definition) is 3. The zero-order valence-electron chi connectivity index (χ0n) is 17.1. The van der Waals surface area contributed by atoms with Gasteiger partial charge in [-0.3, -0.25) is 9.59 Å². The maximum Gasteiger partial charge on any atom is 0.253 e. The van der Waals surface area contributed by atoms with Crippen LogP contribution in [-0.2, 0) is 11.3 Å². The van der Waals surface area contributed by atoms with Crippen molar-refractivity contribution in [3.05, 3.63) is 95.6 Å². The Morgan fingerprint density at radius 3 is 2.33 bits per heavy atom. The Labute approximate surface area is 177 Å². The zero-order valence-corrected chi connectivity index (χ0v) is 17.1. The molecule has 3 aromatic carbocycles. The Morgan fingerprint density at radius 1 is 0.867 bits per heavy atom. The summed E-state index contributed by atoms with van der Waals surface area (Å²) in [6, 6.07) is 24.5. The number of carbonyl (C=O) groups is 2. The van der Waals surface area contributed by atoms with E-state index in [4.69, 9.17) is 4.74 Å². The van der Waals surface area contributed by atoms with Crippen molar-refractivity contribution in [2.75, 3.05) is 11.9 Å². The molecule has 5 heteroatoms. The normalized spacial score (nSPS) is 10.3. The van der Waals surface area contributed by atoms with Gasteiger partial charge in [-0.05, 0) is 43.2 Å². The highest BCUT2D eigenvalue weighted by Gasteiger charge is 2.13. The summed E-state index contributed by atoms with van der Waals surface area (Å²) in [5.74, 6) is 0.415. The molecule has 0 atom stereocenters. The average Bonchev–Trinajstić information content (AvgIpc) is 2.77. The smallest absolute Gasteiger partial charge is 0.253 e. The van der Waals surface area contributed by atoms with Gasteiger partial charge in [-0.1, -0.05) is 60.2 Å². The van der Waals surface area contributed by atoms with Crippen LogP contribution >= 0.6 is 0 Å². The van der Waals surface area contributed by atoms with E-state index in [2.05, 4.69) is 10.6 Å². The predicted octanol–water partition coefficient (Wildman–Crippen LogP) is 4.72. The lowest BCUT2D eigenvalue weighted by atomic mass is 10.1. The summed E-state index contributed by atoms with van der Waals surface area (Å²) in [5, 5.41) is 5.75. The molecule has 0 saturated carbocycles. The van der Waals surface area contributed by atoms with Crippen molar-refractivity contribution in [3.8, 4) is 5.75 Å². The minimum absolute atomic E-state index is 0.148. The number of benzene rings is 3. The number of amides is 2. The van der Waals surface area contributed by atoms with Gasteiger partial charge in [0, 0.05) is 13.0 Å². The summed E-state index contributed by atoms with van der Waals surface area (Å²) in [6.45, 7) is 2.91. The van der Waals surface area contributed by atoms with E-state index < -0.39 is 0 Å². The molecule has 0 aliphatic heterocycles. The van der Waals surface area contributed by atoms with E-state index in [1.54, 1.807) is 24.3 Å². The Hall–Kier alpha value is -3.60. The second-order valence-electron chi connectivity index (χ2n) is 7.03. The fraction of sp³-hybridized carbons (Fsp3) is 0.200. The Balaban J connectivity index is 1.49. The summed E-state index contributed by atoms with van der Waals surface area (Å²) < 4.78 is 5.61. The molecule has 2 N–H and O–H groups in total. The van der Waals surface area contributed by atoms with Crippen LogP contribution in [0, 0.1) is 6.92 Å². The number of ether oxygens (including phenoxy) is 1. The van der Waals surface area contributed by atoms with Crippen LogP contribution in [0.5, 0.6) is 5.75 Å². The second-order valence-corrected chi connectivity index (χ2v) is 7.03. The van der Waals surface area contributed by atoms with Crippen molar-refractivity contribution >= 4 is 17.5 Å². The number of para-hydroxylation sites is 2. The van der Waals surface area contributed by atoms with Crippen LogP contribution in [0.4, 0.5) is 5.69 Å². The van der Waals surface area contributed by atoms with E-state index >= 15 is 0 Å². The Morgan fingerprint density at radius 2 is 1.57 bits per heavy atom. The molecular weight excluding hydrogens is 376 g/mol. The van der Waals surface area contributed by atoms with Crippen LogP contribution in [0.3, 0.4) is 0 Å². The molecule has 154 valence electrons. The lowest BCUT2D eigenvalue weighted by Gasteiger charge is -2.12. The molecule has 3 aromatic rings. The molecule has 30 heavy (non-hydrogen) atoms. The van der Waals surface area contributed by atoms with Gasteiger partial charge in [0.2, 0.25) is 5.91 Å². The van der Waals surface area contributed by atoms with Gasteiger partial charge in [0.1, 0.15) is 5.75 Å². The minimum Gasteiger partial charge on any atom is -0.494 e. The van der Waals surface area contributed by atoms with Crippen LogP contribution < -0.4 is 15.4 Å². The van der Waals surface area contributed by atoms with Crippen molar-refractivity contribution in [2.24, 2.45) is 0 Å². The van der Waals surface area contributed by atoms with E-state index in [0.717, 1.165) is 11.3 Å². The second kappa shape index (κ2) is 10.8. The lowest BCUT2D eigenvalue weighted by molar-refractivity contribution is -0.116. The molecular formula is C25H26N2O3. The van der Waals surface area contributed by atoms with Gasteiger partial charge < -0.3 is 15.4 Å². The first-order chi connectivity index (χ1) is 14.6. The van der Waals surface area contributed by atoms with E-state index in [-0.39, 0.29) is 11.8 Å². The highest BCUT2D eigenvalue weighted by Crippen LogP contribution is 2.16. The SMILES string of the molecule is Cc1ccc(CNC(=O)c2ccccc2NC(=O)CCCOc2ccccc2)cc1. The summed E-state index contributed by atoms with van der Waals surface area (Å²) in [4.78, 5) is 24.9. The molecule has 0 aliphatic rings. The zero-order chi connectivity index (χ0) is 21.2. The molecule has 0 unspecified atom stereocenters. The van der Waals surface area contributed by atoms with Gasteiger partial charge in [0.15, 0.2) is 0 Å². The summed E-state index contributed by atoms with van der Waals surface area (Å²) >= 11 is 0. The first kappa shape index (κ1) is 21.1. The third-order valence-electron chi connectivity index (χ3n) is 4.58. The molecule has 3 rings (SSSR count). The molecule has 0 fully saturated rings. The molecule has 0 spiro atoms. The Kier molecular flexibility index (Phi) is 7.61. The number of rotatable bonds is 9. The number of anilines is 1. The maximum absolute atomic E-state index is 12.6. The van der Waals surface area contributed by atoms with Crippen molar-refractivity contribution in [1.29, 1.82) is 0 Å². The summed E-state index contributed by atoms with van der Waals surface area (Å²) in [7, 11) is 0. The topological polar surface area (TPSA) is 67.4 Å². The molecule has 0 bridgehead atoms. The molecule has 0 aromatic heterocycles. The van der Waals surface area contributed by atoms with Gasteiger partial charge in [-0.25, -0.2) is 0 Å². The number of hydrogen-bond donors (Lipinski definition) is 2. The van der Waals surface area contributed by atoms with Crippen LogP contribution in [0.15, 0.2) is 78.9 Å². The van der Waals surface area contributed by atoms with E-state index in [1.165, 1.54) is 5.56 Å². The third kappa shape index (κ3) is 6.48. The maximum atomic E-state index is 12.6. The molecule has 5 nitrogen and oxygen atoms in total. The van der Waals surface area contributed by atoms with Crippen molar-refractivity contribution < 1.29 is 14.3 Å². The molecule has 2 amide bonds. The van der Waals surface area contributed by atoms with Gasteiger partial charge in [-0.15, -0.1) is 0 Å².